The molecular formula is C28H34N6O4. The van der Waals surface area contributed by atoms with E-state index in [0.717, 1.165) is 44.0 Å². The number of benzene rings is 3. The number of hydrogen-bond donors (Lipinski definition) is 2. The van der Waals surface area contributed by atoms with E-state index in [9.17, 15) is 0 Å². The second-order valence-corrected chi connectivity index (χ2v) is 8.87. The third-order valence-corrected chi connectivity index (χ3v) is 6.63. The average Bonchev–Trinajstić information content (AvgIpc) is 2.96. The molecule has 1 aliphatic heterocycles. The van der Waals surface area contributed by atoms with E-state index in [1.807, 2.05) is 12.1 Å². The van der Waals surface area contributed by atoms with Crippen LogP contribution in [0.2, 0.25) is 0 Å². The van der Waals surface area contributed by atoms with E-state index in [0.29, 0.717) is 28.4 Å². The summed E-state index contributed by atoms with van der Waals surface area (Å²) in [6, 6.07) is 15.5. The first-order valence-electron chi connectivity index (χ1n) is 12.3. The molecule has 0 spiro atoms. The maximum absolute atomic E-state index is 6.15. The van der Waals surface area contributed by atoms with Gasteiger partial charge in [0.05, 0.1) is 34.1 Å². The molecule has 0 radical (unpaired) electrons. The molecule has 0 aromatic heterocycles. The molecule has 0 saturated heterocycles. The van der Waals surface area contributed by atoms with Gasteiger partial charge in [-0.1, -0.05) is 12.1 Å². The standard InChI is InChI=1S/C28H34N6O4/c1-35-24-13-19-10-12-34(17-20(19)14-25(24)36-2)11-9-18-5-7-21(8-6-18)32-33-28(31-30)22-15-26(37-3)27(38-4)16-23(22)29/h5-8,13-16H,9-12,17,29-30H2,1-4H3. The van der Waals surface area contributed by atoms with Crippen molar-refractivity contribution in [3.05, 3.63) is 70.8 Å². The molecule has 0 bridgehead atoms. The first kappa shape index (κ1) is 26.7. The Morgan fingerprint density at radius 2 is 1.45 bits per heavy atom. The first-order chi connectivity index (χ1) is 18.5. The molecule has 0 amide bonds. The van der Waals surface area contributed by atoms with Crippen LogP contribution in [0.3, 0.4) is 0 Å². The number of anilines is 1. The number of fused-ring (bicyclic) bond motifs is 1. The molecule has 3 aromatic carbocycles. The summed E-state index contributed by atoms with van der Waals surface area (Å²) in [7, 11) is 6.42. The third-order valence-electron chi connectivity index (χ3n) is 6.63. The van der Waals surface area contributed by atoms with Crippen molar-refractivity contribution in [1.82, 2.24) is 4.90 Å². The Morgan fingerprint density at radius 1 is 0.842 bits per heavy atom. The maximum atomic E-state index is 6.15. The van der Waals surface area contributed by atoms with Crippen molar-refractivity contribution in [3.63, 3.8) is 0 Å². The van der Waals surface area contributed by atoms with Crippen LogP contribution in [-0.2, 0) is 19.4 Å². The molecule has 1 aliphatic rings. The van der Waals surface area contributed by atoms with Gasteiger partial charge in [-0.25, -0.2) is 0 Å². The Kier molecular flexibility index (Phi) is 8.65. The van der Waals surface area contributed by atoms with E-state index in [2.05, 4.69) is 44.5 Å². The molecule has 3 aromatic rings. The predicted molar refractivity (Wildman–Crippen MR) is 148 cm³/mol. The summed E-state index contributed by atoms with van der Waals surface area (Å²) in [5.74, 6) is 8.33. The topological polar surface area (TPSA) is 129 Å². The number of hydrazone groups is 1. The number of azo groups is 1. The largest absolute Gasteiger partial charge is 0.493 e. The van der Waals surface area contributed by atoms with Gasteiger partial charge in [0.25, 0.3) is 0 Å². The van der Waals surface area contributed by atoms with E-state index in [4.69, 9.17) is 30.5 Å². The Morgan fingerprint density at radius 3 is 2.08 bits per heavy atom. The second kappa shape index (κ2) is 12.3. The van der Waals surface area contributed by atoms with Crippen LogP contribution >= 0.6 is 0 Å². The van der Waals surface area contributed by atoms with Crippen LogP contribution in [0.5, 0.6) is 23.0 Å². The Balaban J connectivity index is 1.37. The Hall–Kier alpha value is -4.31. The van der Waals surface area contributed by atoms with Gasteiger partial charge in [-0.05, 0) is 59.9 Å². The number of methoxy groups -OCH3 is 4. The monoisotopic (exact) mass is 518 g/mol. The predicted octanol–water partition coefficient (Wildman–Crippen LogP) is 4.31. The van der Waals surface area contributed by atoms with Crippen LogP contribution in [0.25, 0.3) is 0 Å². The molecule has 0 aliphatic carbocycles. The molecule has 4 rings (SSSR count). The second-order valence-electron chi connectivity index (χ2n) is 8.87. The Bertz CT molecular complexity index is 1320. The summed E-state index contributed by atoms with van der Waals surface area (Å²) >= 11 is 0. The lowest BCUT2D eigenvalue weighted by molar-refractivity contribution is 0.255. The smallest absolute Gasteiger partial charge is 0.202 e. The summed E-state index contributed by atoms with van der Waals surface area (Å²) in [5.41, 5.74) is 11.6. The summed E-state index contributed by atoms with van der Waals surface area (Å²) in [6.07, 6.45) is 1.92. The van der Waals surface area contributed by atoms with Crippen molar-refractivity contribution >= 4 is 17.2 Å². The van der Waals surface area contributed by atoms with E-state index < -0.39 is 0 Å². The van der Waals surface area contributed by atoms with Crippen molar-refractivity contribution in [2.45, 2.75) is 19.4 Å². The number of amidine groups is 1. The fourth-order valence-corrected chi connectivity index (χ4v) is 4.49. The maximum Gasteiger partial charge on any atom is 0.202 e. The van der Waals surface area contributed by atoms with Crippen LogP contribution in [0.4, 0.5) is 11.4 Å². The van der Waals surface area contributed by atoms with Crippen molar-refractivity contribution in [2.75, 3.05) is 47.3 Å². The highest BCUT2D eigenvalue weighted by atomic mass is 16.5. The first-order valence-corrected chi connectivity index (χ1v) is 12.3. The third kappa shape index (κ3) is 5.97. The number of nitrogen functional groups attached to an aromatic ring is 1. The summed E-state index contributed by atoms with van der Waals surface area (Å²) < 4.78 is 21.5. The molecule has 0 atom stereocenters. The van der Waals surface area contributed by atoms with Crippen LogP contribution < -0.4 is 30.5 Å². The summed E-state index contributed by atoms with van der Waals surface area (Å²) in [6.45, 7) is 2.86. The molecule has 0 fully saturated rings. The van der Waals surface area contributed by atoms with Crippen molar-refractivity contribution < 1.29 is 18.9 Å². The van der Waals surface area contributed by atoms with Gasteiger partial charge in [0, 0.05) is 37.0 Å². The van der Waals surface area contributed by atoms with Crippen LogP contribution in [0.1, 0.15) is 22.3 Å². The van der Waals surface area contributed by atoms with Crippen LogP contribution in [0, 0.1) is 0 Å². The molecule has 38 heavy (non-hydrogen) atoms. The minimum absolute atomic E-state index is 0.187. The van der Waals surface area contributed by atoms with E-state index in [-0.39, 0.29) is 5.84 Å². The lowest BCUT2D eigenvalue weighted by Gasteiger charge is -2.29. The SMILES string of the molecule is COc1cc(N)c(C(N=Nc2ccc(CCN3CCc4cc(OC)c(OC)cc4C3)cc2)=NN)cc1OC. The van der Waals surface area contributed by atoms with E-state index in [1.165, 1.54) is 16.7 Å². The highest BCUT2D eigenvalue weighted by molar-refractivity contribution is 6.04. The molecular weight excluding hydrogens is 484 g/mol. The zero-order valence-electron chi connectivity index (χ0n) is 22.2. The number of nitrogens with two attached hydrogens (primary N) is 2. The fourth-order valence-electron chi connectivity index (χ4n) is 4.49. The van der Waals surface area contributed by atoms with Gasteiger partial charge in [0.1, 0.15) is 0 Å². The van der Waals surface area contributed by atoms with Gasteiger partial charge in [-0.3, -0.25) is 4.90 Å². The lowest BCUT2D eigenvalue weighted by atomic mass is 9.98. The highest BCUT2D eigenvalue weighted by Gasteiger charge is 2.19. The molecule has 10 heteroatoms. The molecule has 1 heterocycles. The number of rotatable bonds is 9. The molecule has 200 valence electrons. The molecule has 0 unspecified atom stereocenters. The van der Waals surface area contributed by atoms with Gasteiger partial charge in [-0.15, -0.1) is 10.2 Å². The quantitative estimate of drug-likeness (QED) is 0.108. The van der Waals surface area contributed by atoms with Crippen molar-refractivity contribution in [1.29, 1.82) is 0 Å². The van der Waals surface area contributed by atoms with Crippen LogP contribution in [0.15, 0.2) is 63.9 Å². The van der Waals surface area contributed by atoms with Crippen molar-refractivity contribution in [3.8, 4) is 23.0 Å². The lowest BCUT2D eigenvalue weighted by Crippen LogP contribution is -2.32. The summed E-state index contributed by atoms with van der Waals surface area (Å²) in [5, 5.41) is 12.3. The highest BCUT2D eigenvalue weighted by Crippen LogP contribution is 2.34. The van der Waals surface area contributed by atoms with Gasteiger partial charge < -0.3 is 30.5 Å². The van der Waals surface area contributed by atoms with Gasteiger partial charge in [0.15, 0.2) is 23.0 Å². The van der Waals surface area contributed by atoms with Crippen molar-refractivity contribution in [2.24, 2.45) is 21.2 Å². The average molecular weight is 519 g/mol. The molecule has 0 saturated carbocycles. The van der Waals surface area contributed by atoms with Gasteiger partial charge in [-0.2, -0.15) is 5.10 Å². The van der Waals surface area contributed by atoms with E-state index in [1.54, 1.807) is 40.6 Å². The number of hydrogen-bond acceptors (Lipinski definition) is 9. The van der Waals surface area contributed by atoms with E-state index >= 15 is 0 Å². The minimum atomic E-state index is 0.187. The zero-order valence-corrected chi connectivity index (χ0v) is 22.2. The minimum Gasteiger partial charge on any atom is -0.493 e. The van der Waals surface area contributed by atoms with Gasteiger partial charge >= 0.3 is 0 Å². The normalized spacial score (nSPS) is 13.8. The number of nitrogens with zero attached hydrogens (tertiary/aromatic N) is 4. The zero-order chi connectivity index (χ0) is 27.1. The molecule has 4 N–H and O–H groups in total. The molecule has 10 nitrogen and oxygen atoms in total. The van der Waals surface area contributed by atoms with Crippen LogP contribution in [-0.4, -0.2) is 52.3 Å². The Labute approximate surface area is 222 Å². The van der Waals surface area contributed by atoms with Gasteiger partial charge in [0.2, 0.25) is 5.84 Å². The fraction of sp³-hybridized carbons (Fsp3) is 0.321. The number of ether oxygens (including phenoxy) is 4. The summed E-state index contributed by atoms with van der Waals surface area (Å²) in [4.78, 5) is 2.46.